The highest BCUT2D eigenvalue weighted by Crippen LogP contribution is 2.36. The number of methoxy groups -OCH3 is 3. The van der Waals surface area contributed by atoms with Crippen LogP contribution in [0.1, 0.15) is 0 Å². The Bertz CT molecular complexity index is 587. The second-order valence-corrected chi connectivity index (χ2v) is 3.71. The van der Waals surface area contributed by atoms with E-state index < -0.39 is 0 Å². The Labute approximate surface area is 111 Å². The van der Waals surface area contributed by atoms with E-state index in [9.17, 15) is 0 Å². The fourth-order valence-corrected chi connectivity index (χ4v) is 1.78. The number of nitrogen functional groups attached to an aromatic ring is 1. The van der Waals surface area contributed by atoms with E-state index in [2.05, 4.69) is 9.97 Å². The number of hydrogen-bond donors (Lipinski definition) is 1. The minimum absolute atomic E-state index is 0.294. The Morgan fingerprint density at radius 3 is 2.32 bits per heavy atom. The number of nitrogens with two attached hydrogens (primary N) is 1. The number of nitrogens with zero attached hydrogens (tertiary/aromatic N) is 2. The van der Waals surface area contributed by atoms with Gasteiger partial charge in [-0.1, -0.05) is 0 Å². The van der Waals surface area contributed by atoms with Crippen molar-refractivity contribution in [3.05, 3.63) is 24.5 Å². The van der Waals surface area contributed by atoms with Gasteiger partial charge in [-0.05, 0) is 18.2 Å². The highest BCUT2D eigenvalue weighted by molar-refractivity contribution is 5.73. The van der Waals surface area contributed by atoms with Crippen molar-refractivity contribution in [3.8, 4) is 28.5 Å². The minimum atomic E-state index is 0.294. The number of anilines is 1. The summed E-state index contributed by atoms with van der Waals surface area (Å²) < 4.78 is 15.7. The van der Waals surface area contributed by atoms with Crippen LogP contribution in [0.25, 0.3) is 11.3 Å². The standard InChI is InChI=1S/C13H15N3O3/c1-17-9-5-4-8(6-10(9)18-2)11-12(19-3)13(14)16-7-15-11/h4-7H,1-3H3,(H2,14,15,16). The molecule has 2 rings (SSSR count). The molecule has 1 aromatic heterocycles. The first-order valence-corrected chi connectivity index (χ1v) is 5.58. The smallest absolute Gasteiger partial charge is 0.187 e. The Morgan fingerprint density at radius 1 is 0.947 bits per heavy atom. The second kappa shape index (κ2) is 5.43. The van der Waals surface area contributed by atoms with Crippen molar-refractivity contribution < 1.29 is 14.2 Å². The van der Waals surface area contributed by atoms with Gasteiger partial charge in [0.25, 0.3) is 0 Å². The molecule has 0 saturated heterocycles. The Morgan fingerprint density at radius 2 is 1.68 bits per heavy atom. The predicted octanol–water partition coefficient (Wildman–Crippen LogP) is 1.75. The highest BCUT2D eigenvalue weighted by Gasteiger charge is 2.14. The quantitative estimate of drug-likeness (QED) is 0.903. The number of aromatic nitrogens is 2. The summed E-state index contributed by atoms with van der Waals surface area (Å²) in [4.78, 5) is 8.10. The van der Waals surface area contributed by atoms with Crippen LogP contribution in [-0.4, -0.2) is 31.3 Å². The van der Waals surface area contributed by atoms with Crippen molar-refractivity contribution in [1.82, 2.24) is 9.97 Å². The molecule has 100 valence electrons. The van der Waals surface area contributed by atoms with E-state index in [1.807, 2.05) is 12.1 Å². The zero-order valence-corrected chi connectivity index (χ0v) is 11.0. The van der Waals surface area contributed by atoms with Gasteiger partial charge in [-0.3, -0.25) is 0 Å². The molecule has 2 N–H and O–H groups in total. The van der Waals surface area contributed by atoms with E-state index in [-0.39, 0.29) is 0 Å². The first-order chi connectivity index (χ1) is 9.21. The van der Waals surface area contributed by atoms with Crippen molar-refractivity contribution in [2.45, 2.75) is 0 Å². The Balaban J connectivity index is 2.56. The molecule has 2 aromatic rings. The maximum atomic E-state index is 5.76. The van der Waals surface area contributed by atoms with E-state index in [1.165, 1.54) is 13.4 Å². The van der Waals surface area contributed by atoms with E-state index in [0.717, 1.165) is 5.56 Å². The molecule has 0 bridgehead atoms. The molecule has 0 aliphatic heterocycles. The van der Waals surface area contributed by atoms with Crippen LogP contribution in [0.2, 0.25) is 0 Å². The van der Waals surface area contributed by atoms with Crippen LogP contribution < -0.4 is 19.9 Å². The summed E-state index contributed by atoms with van der Waals surface area (Å²) in [6.07, 6.45) is 1.39. The number of ether oxygens (including phenoxy) is 3. The zero-order valence-electron chi connectivity index (χ0n) is 11.0. The number of benzene rings is 1. The van der Waals surface area contributed by atoms with Crippen molar-refractivity contribution in [2.24, 2.45) is 0 Å². The first kappa shape index (κ1) is 12.9. The highest BCUT2D eigenvalue weighted by atomic mass is 16.5. The van der Waals surface area contributed by atoms with Crippen molar-refractivity contribution in [3.63, 3.8) is 0 Å². The summed E-state index contributed by atoms with van der Waals surface area (Å²) in [7, 11) is 4.69. The van der Waals surface area contributed by atoms with Gasteiger partial charge < -0.3 is 19.9 Å². The minimum Gasteiger partial charge on any atom is -0.493 e. The second-order valence-electron chi connectivity index (χ2n) is 3.71. The molecule has 0 saturated carbocycles. The van der Waals surface area contributed by atoms with Gasteiger partial charge in [0.05, 0.1) is 21.3 Å². The molecule has 6 heteroatoms. The monoisotopic (exact) mass is 261 g/mol. The van der Waals surface area contributed by atoms with Gasteiger partial charge >= 0.3 is 0 Å². The maximum absolute atomic E-state index is 5.76. The van der Waals surface area contributed by atoms with Crippen LogP contribution in [0, 0.1) is 0 Å². The first-order valence-electron chi connectivity index (χ1n) is 5.58. The van der Waals surface area contributed by atoms with Crippen LogP contribution >= 0.6 is 0 Å². The fourth-order valence-electron chi connectivity index (χ4n) is 1.78. The van der Waals surface area contributed by atoms with E-state index >= 15 is 0 Å². The molecule has 0 aliphatic carbocycles. The lowest BCUT2D eigenvalue weighted by Gasteiger charge is -2.12. The molecule has 0 spiro atoms. The molecule has 19 heavy (non-hydrogen) atoms. The number of rotatable bonds is 4. The van der Waals surface area contributed by atoms with Crippen LogP contribution in [0.15, 0.2) is 24.5 Å². The average molecular weight is 261 g/mol. The lowest BCUT2D eigenvalue weighted by atomic mass is 10.1. The topological polar surface area (TPSA) is 79.5 Å². The molecule has 0 aliphatic rings. The lowest BCUT2D eigenvalue weighted by Crippen LogP contribution is -2.00. The molecular formula is C13H15N3O3. The molecule has 6 nitrogen and oxygen atoms in total. The van der Waals surface area contributed by atoms with Crippen molar-refractivity contribution >= 4 is 5.82 Å². The fraction of sp³-hybridized carbons (Fsp3) is 0.231. The van der Waals surface area contributed by atoms with E-state index in [4.69, 9.17) is 19.9 Å². The van der Waals surface area contributed by atoms with Gasteiger partial charge in [0.2, 0.25) is 0 Å². The van der Waals surface area contributed by atoms with Gasteiger partial charge in [-0.15, -0.1) is 0 Å². The molecule has 0 unspecified atom stereocenters. The number of hydrogen-bond acceptors (Lipinski definition) is 6. The predicted molar refractivity (Wildman–Crippen MR) is 71.5 cm³/mol. The van der Waals surface area contributed by atoms with E-state index in [0.29, 0.717) is 28.8 Å². The average Bonchev–Trinajstić information content (AvgIpc) is 2.46. The maximum Gasteiger partial charge on any atom is 0.187 e. The SMILES string of the molecule is COc1ccc(-c2ncnc(N)c2OC)cc1OC. The largest absolute Gasteiger partial charge is 0.493 e. The third kappa shape index (κ3) is 2.37. The third-order valence-electron chi connectivity index (χ3n) is 2.69. The lowest BCUT2D eigenvalue weighted by molar-refractivity contribution is 0.355. The van der Waals surface area contributed by atoms with Crippen molar-refractivity contribution in [2.75, 3.05) is 27.1 Å². The summed E-state index contributed by atoms with van der Waals surface area (Å²) in [6, 6.07) is 5.46. The van der Waals surface area contributed by atoms with Crippen LogP contribution in [-0.2, 0) is 0 Å². The molecule has 0 radical (unpaired) electrons. The Kier molecular flexibility index (Phi) is 3.70. The molecule has 1 aromatic carbocycles. The molecule has 0 amide bonds. The molecular weight excluding hydrogens is 246 g/mol. The van der Waals surface area contributed by atoms with Crippen LogP contribution in [0.4, 0.5) is 5.82 Å². The van der Waals surface area contributed by atoms with Crippen molar-refractivity contribution in [1.29, 1.82) is 0 Å². The molecule has 0 atom stereocenters. The molecule has 0 fully saturated rings. The summed E-state index contributed by atoms with van der Waals surface area (Å²) in [6.45, 7) is 0. The summed E-state index contributed by atoms with van der Waals surface area (Å²) >= 11 is 0. The van der Waals surface area contributed by atoms with Gasteiger partial charge in [0.1, 0.15) is 12.0 Å². The van der Waals surface area contributed by atoms with Gasteiger partial charge in [-0.2, -0.15) is 0 Å². The van der Waals surface area contributed by atoms with Gasteiger partial charge in [0, 0.05) is 5.56 Å². The normalized spacial score (nSPS) is 10.1. The van der Waals surface area contributed by atoms with Gasteiger partial charge in [-0.25, -0.2) is 9.97 Å². The van der Waals surface area contributed by atoms with Crippen LogP contribution in [0.5, 0.6) is 17.2 Å². The van der Waals surface area contributed by atoms with Crippen LogP contribution in [0.3, 0.4) is 0 Å². The summed E-state index contributed by atoms with van der Waals surface area (Å²) in [5, 5.41) is 0. The summed E-state index contributed by atoms with van der Waals surface area (Å²) in [5.41, 5.74) is 7.18. The van der Waals surface area contributed by atoms with Gasteiger partial charge in [0.15, 0.2) is 23.1 Å². The third-order valence-corrected chi connectivity index (χ3v) is 2.69. The van der Waals surface area contributed by atoms with E-state index in [1.54, 1.807) is 20.3 Å². The zero-order chi connectivity index (χ0) is 13.8. The summed E-state index contributed by atoms with van der Waals surface area (Å²) in [5.74, 6) is 1.99. The Hall–Kier alpha value is -2.50. The molecule has 1 heterocycles.